The average Bonchev–Trinajstić information content (AvgIpc) is 2.98. The van der Waals surface area contributed by atoms with Crippen LogP contribution in [0.25, 0.3) is 5.57 Å². The largest absolute Gasteiger partial charge is 0.341 e. The quantitative estimate of drug-likeness (QED) is 0.830. The van der Waals surface area contributed by atoms with E-state index in [0.717, 1.165) is 45.4 Å². The fourth-order valence-electron chi connectivity index (χ4n) is 3.87. The van der Waals surface area contributed by atoms with Crippen molar-refractivity contribution in [3.63, 3.8) is 0 Å². The van der Waals surface area contributed by atoms with E-state index in [4.69, 9.17) is 0 Å². The molecule has 0 spiro atoms. The predicted octanol–water partition coefficient (Wildman–Crippen LogP) is 3.52. The van der Waals surface area contributed by atoms with Gasteiger partial charge in [0.15, 0.2) is 0 Å². The van der Waals surface area contributed by atoms with Gasteiger partial charge in [-0.25, -0.2) is 0 Å². The molecule has 0 bridgehead atoms. The molecule has 1 fully saturated rings. The van der Waals surface area contributed by atoms with Crippen molar-refractivity contribution in [1.29, 1.82) is 0 Å². The van der Waals surface area contributed by atoms with E-state index in [1.165, 1.54) is 24.0 Å². The smallest absolute Gasteiger partial charge is 0.239 e. The number of carbonyl (C=O) groups excluding carboxylic acids is 1. The molecule has 0 N–H and O–H groups in total. The summed E-state index contributed by atoms with van der Waals surface area (Å²) >= 11 is 0. The first-order valence-corrected chi connectivity index (χ1v) is 10.1. The highest BCUT2D eigenvalue weighted by Gasteiger charge is 2.28. The van der Waals surface area contributed by atoms with Gasteiger partial charge < -0.3 is 4.90 Å². The van der Waals surface area contributed by atoms with Gasteiger partial charge >= 0.3 is 0 Å². The number of amides is 1. The third-order valence-corrected chi connectivity index (χ3v) is 5.70. The zero-order valence-electron chi connectivity index (χ0n) is 16.9. The Labute approximate surface area is 158 Å². The summed E-state index contributed by atoms with van der Waals surface area (Å²) in [5, 5.41) is 4.52. The van der Waals surface area contributed by atoms with Crippen LogP contribution in [0.4, 0.5) is 0 Å². The number of hydrogen-bond acceptors (Lipinski definition) is 3. The second-order valence-corrected chi connectivity index (χ2v) is 8.73. The first-order chi connectivity index (χ1) is 12.4. The van der Waals surface area contributed by atoms with E-state index < -0.39 is 0 Å². The van der Waals surface area contributed by atoms with E-state index >= 15 is 0 Å². The van der Waals surface area contributed by atoms with Gasteiger partial charge in [-0.1, -0.05) is 18.9 Å². The van der Waals surface area contributed by atoms with Crippen molar-refractivity contribution in [1.82, 2.24) is 19.6 Å². The first kappa shape index (κ1) is 19.2. The summed E-state index contributed by atoms with van der Waals surface area (Å²) in [5.74, 6) is 0.310. The average molecular weight is 359 g/mol. The minimum atomic E-state index is -0.0248. The standard InChI is InChI=1S/C21H34N4O/c1-17(20(26)24-11-7-5-6-8-12-24)23-13-9-18(10-14-23)19-15-22-25(16-19)21(2,3)4/h9,15-17H,5-8,10-14H2,1-4H3/t17-/m1/s1. The van der Waals surface area contributed by atoms with E-state index in [9.17, 15) is 4.79 Å². The van der Waals surface area contributed by atoms with Crippen LogP contribution in [0.3, 0.4) is 0 Å². The van der Waals surface area contributed by atoms with Crippen LogP contribution < -0.4 is 0 Å². The lowest BCUT2D eigenvalue weighted by molar-refractivity contribution is -0.136. The lowest BCUT2D eigenvalue weighted by Crippen LogP contribution is -2.48. The highest BCUT2D eigenvalue weighted by Crippen LogP contribution is 2.25. The van der Waals surface area contributed by atoms with Crippen molar-refractivity contribution in [2.75, 3.05) is 26.2 Å². The Bertz CT molecular complexity index is 647. The lowest BCUT2D eigenvalue weighted by Gasteiger charge is -2.34. The predicted molar refractivity (Wildman–Crippen MR) is 106 cm³/mol. The van der Waals surface area contributed by atoms with Gasteiger partial charge in [-0.05, 0) is 52.5 Å². The highest BCUT2D eigenvalue weighted by molar-refractivity contribution is 5.81. The summed E-state index contributed by atoms with van der Waals surface area (Å²) in [6.45, 7) is 12.2. The summed E-state index contributed by atoms with van der Waals surface area (Å²) in [6.07, 6.45) is 12.2. The fraction of sp³-hybridized carbons (Fsp3) is 0.714. The Morgan fingerprint density at radius 1 is 1.12 bits per heavy atom. The molecule has 2 aliphatic rings. The molecule has 1 aromatic rings. The van der Waals surface area contributed by atoms with E-state index in [1.807, 2.05) is 10.9 Å². The molecular formula is C21H34N4O. The highest BCUT2D eigenvalue weighted by atomic mass is 16.2. The maximum absolute atomic E-state index is 12.9. The van der Waals surface area contributed by atoms with Gasteiger partial charge in [0.05, 0.1) is 17.8 Å². The second kappa shape index (κ2) is 7.95. The van der Waals surface area contributed by atoms with Crippen LogP contribution in [0.15, 0.2) is 18.5 Å². The maximum Gasteiger partial charge on any atom is 0.239 e. The molecule has 5 heteroatoms. The monoisotopic (exact) mass is 358 g/mol. The van der Waals surface area contributed by atoms with Crippen LogP contribution in [-0.2, 0) is 10.3 Å². The summed E-state index contributed by atoms with van der Waals surface area (Å²) in [5.41, 5.74) is 2.57. The SMILES string of the molecule is C[C@H](C(=O)N1CCCCCC1)N1CC=C(c2cnn(C(C)(C)C)c2)CC1. The Kier molecular flexibility index (Phi) is 5.86. The van der Waals surface area contributed by atoms with Crippen molar-refractivity contribution >= 4 is 11.5 Å². The topological polar surface area (TPSA) is 41.4 Å². The first-order valence-electron chi connectivity index (χ1n) is 10.1. The number of carbonyl (C=O) groups is 1. The zero-order valence-corrected chi connectivity index (χ0v) is 16.9. The van der Waals surface area contributed by atoms with Crippen LogP contribution >= 0.6 is 0 Å². The van der Waals surface area contributed by atoms with Crippen LogP contribution in [0.2, 0.25) is 0 Å². The van der Waals surface area contributed by atoms with Crippen molar-refractivity contribution in [2.45, 2.75) is 71.4 Å². The minimum absolute atomic E-state index is 0.00754. The molecule has 0 saturated carbocycles. The van der Waals surface area contributed by atoms with Crippen LogP contribution in [-0.4, -0.2) is 57.7 Å². The molecule has 2 aliphatic heterocycles. The van der Waals surface area contributed by atoms with Crippen molar-refractivity contribution in [3.8, 4) is 0 Å². The molecule has 144 valence electrons. The molecule has 3 rings (SSSR count). The van der Waals surface area contributed by atoms with Crippen molar-refractivity contribution < 1.29 is 4.79 Å². The molecule has 0 unspecified atom stereocenters. The zero-order chi connectivity index (χ0) is 18.7. The molecular weight excluding hydrogens is 324 g/mol. The van der Waals surface area contributed by atoms with Gasteiger partial charge in [0.1, 0.15) is 0 Å². The summed E-state index contributed by atoms with van der Waals surface area (Å²) < 4.78 is 2.03. The lowest BCUT2D eigenvalue weighted by atomic mass is 10.0. The normalized spacial score (nSPS) is 21.2. The van der Waals surface area contributed by atoms with Gasteiger partial charge in [0, 0.05) is 37.9 Å². The van der Waals surface area contributed by atoms with Crippen LogP contribution in [0.1, 0.15) is 65.4 Å². The number of rotatable bonds is 3. The summed E-state index contributed by atoms with van der Waals surface area (Å²) in [7, 11) is 0. The van der Waals surface area contributed by atoms with Gasteiger partial charge in [0.25, 0.3) is 0 Å². The van der Waals surface area contributed by atoms with E-state index in [-0.39, 0.29) is 11.6 Å². The molecule has 0 radical (unpaired) electrons. The third-order valence-electron chi connectivity index (χ3n) is 5.70. The van der Waals surface area contributed by atoms with E-state index in [1.54, 1.807) is 0 Å². The molecule has 1 amide bonds. The molecule has 1 atom stereocenters. The maximum atomic E-state index is 12.9. The molecule has 3 heterocycles. The molecule has 0 aromatic carbocycles. The summed E-state index contributed by atoms with van der Waals surface area (Å²) in [4.78, 5) is 17.3. The third kappa shape index (κ3) is 4.37. The van der Waals surface area contributed by atoms with Crippen LogP contribution in [0, 0.1) is 0 Å². The van der Waals surface area contributed by atoms with E-state index in [2.05, 4.69) is 54.9 Å². The number of nitrogens with zero attached hydrogens (tertiary/aromatic N) is 4. The number of aromatic nitrogens is 2. The summed E-state index contributed by atoms with van der Waals surface area (Å²) in [6, 6.07) is -0.0248. The molecule has 5 nitrogen and oxygen atoms in total. The molecule has 0 aliphatic carbocycles. The molecule has 1 aromatic heterocycles. The van der Waals surface area contributed by atoms with Crippen molar-refractivity contribution in [3.05, 3.63) is 24.0 Å². The van der Waals surface area contributed by atoms with Crippen LogP contribution in [0.5, 0.6) is 0 Å². The number of hydrogen-bond donors (Lipinski definition) is 0. The van der Waals surface area contributed by atoms with Gasteiger partial charge in [-0.2, -0.15) is 5.10 Å². The van der Waals surface area contributed by atoms with Gasteiger partial charge in [-0.15, -0.1) is 0 Å². The molecule has 26 heavy (non-hydrogen) atoms. The van der Waals surface area contributed by atoms with Gasteiger partial charge in [0.2, 0.25) is 5.91 Å². The van der Waals surface area contributed by atoms with Gasteiger partial charge in [-0.3, -0.25) is 14.4 Å². The molecule has 1 saturated heterocycles. The Morgan fingerprint density at radius 2 is 1.81 bits per heavy atom. The Hall–Kier alpha value is -1.62. The second-order valence-electron chi connectivity index (χ2n) is 8.73. The minimum Gasteiger partial charge on any atom is -0.341 e. The fourth-order valence-corrected chi connectivity index (χ4v) is 3.87. The van der Waals surface area contributed by atoms with Crippen molar-refractivity contribution in [2.24, 2.45) is 0 Å². The Balaban J connectivity index is 1.61. The Morgan fingerprint density at radius 3 is 2.35 bits per heavy atom. The number of likely N-dealkylation sites (tertiary alicyclic amines) is 1. The van der Waals surface area contributed by atoms with E-state index in [0.29, 0.717) is 5.91 Å².